The van der Waals surface area contributed by atoms with Gasteiger partial charge in [0.25, 0.3) is 0 Å². The van der Waals surface area contributed by atoms with Gasteiger partial charge in [-0.2, -0.15) is 5.10 Å². The van der Waals surface area contributed by atoms with E-state index in [1.54, 1.807) is 13.1 Å². The minimum Gasteiger partial charge on any atom is -0.390 e. The molecule has 0 saturated heterocycles. The quantitative estimate of drug-likeness (QED) is 0.269. The van der Waals surface area contributed by atoms with Crippen molar-refractivity contribution in [2.75, 3.05) is 5.43 Å². The van der Waals surface area contributed by atoms with Crippen molar-refractivity contribution < 1.29 is 15.3 Å². The molecule has 6 N–H and O–H groups in total. The second-order valence-electron chi connectivity index (χ2n) is 5.48. The highest BCUT2D eigenvalue weighted by atomic mass is 16.3. The smallest absolute Gasteiger partial charge is 0.163 e. The third kappa shape index (κ3) is 2.51. The van der Waals surface area contributed by atoms with E-state index in [4.69, 9.17) is 5.84 Å². The van der Waals surface area contributed by atoms with E-state index < -0.39 is 30.3 Å². The molecule has 9 heteroatoms. The van der Waals surface area contributed by atoms with Crippen LogP contribution in [0.3, 0.4) is 0 Å². The molecule has 2 heterocycles. The van der Waals surface area contributed by atoms with Gasteiger partial charge in [-0.3, -0.25) is 0 Å². The molecule has 1 aliphatic carbocycles. The Morgan fingerprint density at radius 2 is 2.17 bits per heavy atom. The molecule has 5 atom stereocenters. The first-order valence-corrected chi connectivity index (χ1v) is 7.19. The minimum atomic E-state index is -1.09. The molecule has 9 nitrogen and oxygen atoms in total. The number of hydrogen-bond acceptors (Lipinski definition) is 8. The number of hydrogen-bond donors (Lipinski definition) is 5. The molecular formula is C14H18N6O3. The normalized spacial score (nSPS) is 28.4. The van der Waals surface area contributed by atoms with Crippen LogP contribution in [0.15, 0.2) is 12.5 Å². The van der Waals surface area contributed by atoms with Crippen LogP contribution >= 0.6 is 0 Å². The number of nitrogens with one attached hydrogen (secondary N) is 1. The molecule has 1 fully saturated rings. The summed E-state index contributed by atoms with van der Waals surface area (Å²) in [6.07, 6.45) is 0.0171. The third-order valence-electron chi connectivity index (χ3n) is 4.24. The number of nitrogens with two attached hydrogens (primary N) is 1. The number of nitrogen functional groups attached to an aromatic ring is 1. The molecule has 0 radical (unpaired) electrons. The van der Waals surface area contributed by atoms with Gasteiger partial charge in [-0.05, 0) is 13.3 Å². The zero-order valence-corrected chi connectivity index (χ0v) is 12.5. The van der Waals surface area contributed by atoms with Gasteiger partial charge in [-0.15, -0.1) is 5.92 Å². The maximum Gasteiger partial charge on any atom is 0.163 e. The number of nitrogens with zero attached hydrogens (tertiary/aromatic N) is 4. The Kier molecular flexibility index (Phi) is 4.14. The average Bonchev–Trinajstić information content (AvgIpc) is 3.10. The summed E-state index contributed by atoms with van der Waals surface area (Å²) in [5, 5.41) is 35.4. The van der Waals surface area contributed by atoms with Crippen molar-refractivity contribution in [1.82, 2.24) is 19.7 Å². The van der Waals surface area contributed by atoms with Crippen LogP contribution in [-0.2, 0) is 0 Å². The lowest BCUT2D eigenvalue weighted by molar-refractivity contribution is -0.0148. The van der Waals surface area contributed by atoms with E-state index in [0.717, 1.165) is 0 Å². The first kappa shape index (κ1) is 15.6. The molecule has 1 saturated carbocycles. The lowest BCUT2D eigenvalue weighted by Gasteiger charge is -2.18. The number of rotatable bonds is 3. The SMILES string of the molecule is CC#CC(O)[C@H]1C[C@@H](n2ncc3c(NN)ncnc32)[C@H](O)[C@@H]1O. The van der Waals surface area contributed by atoms with E-state index >= 15 is 0 Å². The van der Waals surface area contributed by atoms with Crippen LogP contribution in [0.2, 0.25) is 0 Å². The van der Waals surface area contributed by atoms with Gasteiger partial charge in [0.05, 0.1) is 23.7 Å². The summed E-state index contributed by atoms with van der Waals surface area (Å²) in [7, 11) is 0. The summed E-state index contributed by atoms with van der Waals surface area (Å²) < 4.78 is 1.53. The average molecular weight is 318 g/mol. The Bertz CT molecular complexity index is 767. The van der Waals surface area contributed by atoms with Crippen molar-refractivity contribution in [1.29, 1.82) is 0 Å². The van der Waals surface area contributed by atoms with Crippen LogP contribution in [0, 0.1) is 17.8 Å². The number of aromatic nitrogens is 4. The number of aliphatic hydroxyl groups is 3. The molecule has 1 aliphatic rings. The van der Waals surface area contributed by atoms with E-state index in [-0.39, 0.29) is 0 Å². The molecular weight excluding hydrogens is 300 g/mol. The molecule has 122 valence electrons. The number of aliphatic hydroxyl groups excluding tert-OH is 3. The van der Waals surface area contributed by atoms with Gasteiger partial charge in [0.15, 0.2) is 11.5 Å². The Morgan fingerprint density at radius 1 is 1.39 bits per heavy atom. The van der Waals surface area contributed by atoms with Crippen molar-refractivity contribution in [3.05, 3.63) is 12.5 Å². The fraction of sp³-hybridized carbons (Fsp3) is 0.500. The molecule has 0 aliphatic heterocycles. The maximum absolute atomic E-state index is 10.3. The topological polar surface area (TPSA) is 142 Å². The summed E-state index contributed by atoms with van der Waals surface area (Å²) >= 11 is 0. The van der Waals surface area contributed by atoms with Crippen LogP contribution in [0.4, 0.5) is 5.82 Å². The van der Waals surface area contributed by atoms with Crippen molar-refractivity contribution in [3.8, 4) is 11.8 Å². The summed E-state index contributed by atoms with van der Waals surface area (Å²) in [5.74, 6) is 10.5. The maximum atomic E-state index is 10.3. The van der Waals surface area contributed by atoms with E-state index in [2.05, 4.69) is 32.3 Å². The van der Waals surface area contributed by atoms with Gasteiger partial charge in [0, 0.05) is 5.92 Å². The zero-order chi connectivity index (χ0) is 16.6. The fourth-order valence-corrected chi connectivity index (χ4v) is 3.07. The van der Waals surface area contributed by atoms with Crippen LogP contribution in [0.25, 0.3) is 11.0 Å². The second-order valence-corrected chi connectivity index (χ2v) is 5.48. The van der Waals surface area contributed by atoms with Crippen molar-refractivity contribution in [3.63, 3.8) is 0 Å². The monoisotopic (exact) mass is 318 g/mol. The van der Waals surface area contributed by atoms with E-state index in [1.165, 1.54) is 11.0 Å². The van der Waals surface area contributed by atoms with Gasteiger partial charge in [0.1, 0.15) is 18.5 Å². The van der Waals surface area contributed by atoms with Gasteiger partial charge in [-0.25, -0.2) is 20.5 Å². The Labute approximate surface area is 132 Å². The van der Waals surface area contributed by atoms with Crippen LogP contribution < -0.4 is 11.3 Å². The molecule has 23 heavy (non-hydrogen) atoms. The number of fused-ring (bicyclic) bond motifs is 1. The van der Waals surface area contributed by atoms with Crippen LogP contribution in [0.1, 0.15) is 19.4 Å². The standard InChI is InChI=1S/C14H18N6O3/c1-2-3-10(21)7-4-9(12(23)11(7)22)20-14-8(5-18-20)13(19-15)16-6-17-14/h5-7,9-12,21-23H,4,15H2,1H3,(H,16,17,19)/t7-,9-,10?,11-,12+/m1/s1. The highest BCUT2D eigenvalue weighted by molar-refractivity contribution is 5.85. The van der Waals surface area contributed by atoms with Crippen LogP contribution in [-0.4, -0.2) is 53.4 Å². The van der Waals surface area contributed by atoms with Crippen LogP contribution in [0.5, 0.6) is 0 Å². The predicted octanol–water partition coefficient (Wildman–Crippen LogP) is -1.22. The Hall–Kier alpha value is -2.25. The summed E-state index contributed by atoms with van der Waals surface area (Å²) in [6.45, 7) is 1.61. The van der Waals surface area contributed by atoms with E-state index in [9.17, 15) is 15.3 Å². The molecule has 3 rings (SSSR count). The zero-order valence-electron chi connectivity index (χ0n) is 12.5. The van der Waals surface area contributed by atoms with Gasteiger partial charge in [0.2, 0.25) is 0 Å². The van der Waals surface area contributed by atoms with Gasteiger partial charge < -0.3 is 20.7 Å². The van der Waals surface area contributed by atoms with Crippen molar-refractivity contribution in [2.45, 2.75) is 37.7 Å². The minimum absolute atomic E-state index is 0.324. The van der Waals surface area contributed by atoms with E-state index in [0.29, 0.717) is 23.3 Å². The molecule has 0 spiro atoms. The lowest BCUT2D eigenvalue weighted by atomic mass is 9.98. The largest absolute Gasteiger partial charge is 0.390 e. The van der Waals surface area contributed by atoms with E-state index in [1.807, 2.05) is 0 Å². The van der Waals surface area contributed by atoms with Crippen molar-refractivity contribution in [2.24, 2.45) is 11.8 Å². The fourth-order valence-electron chi connectivity index (χ4n) is 3.07. The molecule has 2 aromatic heterocycles. The third-order valence-corrected chi connectivity index (χ3v) is 4.24. The Morgan fingerprint density at radius 3 is 2.87 bits per heavy atom. The molecule has 1 unspecified atom stereocenters. The first-order valence-electron chi connectivity index (χ1n) is 7.19. The van der Waals surface area contributed by atoms with Gasteiger partial charge in [-0.1, -0.05) is 5.92 Å². The summed E-state index contributed by atoms with van der Waals surface area (Å²) in [4.78, 5) is 8.17. The summed E-state index contributed by atoms with van der Waals surface area (Å²) in [5.41, 5.74) is 2.95. The lowest BCUT2D eigenvalue weighted by Crippen LogP contribution is -2.33. The molecule has 0 aromatic carbocycles. The highest BCUT2D eigenvalue weighted by Crippen LogP contribution is 2.38. The first-order chi connectivity index (χ1) is 11.1. The predicted molar refractivity (Wildman–Crippen MR) is 81.7 cm³/mol. The molecule has 0 amide bonds. The second kappa shape index (κ2) is 6.10. The number of anilines is 1. The molecule has 0 bridgehead atoms. The molecule has 2 aromatic rings. The number of hydrazine groups is 1. The highest BCUT2D eigenvalue weighted by Gasteiger charge is 2.46. The summed E-state index contributed by atoms with van der Waals surface area (Å²) in [6, 6.07) is -0.527. The van der Waals surface area contributed by atoms with Gasteiger partial charge >= 0.3 is 0 Å². The Balaban J connectivity index is 1.97. The van der Waals surface area contributed by atoms with Crippen molar-refractivity contribution >= 4 is 16.9 Å².